The van der Waals surface area contributed by atoms with Crippen LogP contribution < -0.4 is 0 Å². The van der Waals surface area contributed by atoms with Crippen molar-refractivity contribution in [3.05, 3.63) is 65.4 Å². The molecular formula is C15H11BrN2. The maximum Gasteiger partial charge on any atom is 0.0961 e. The number of aromatic nitrogens is 2. The molecule has 0 spiro atoms. The van der Waals surface area contributed by atoms with E-state index in [0.29, 0.717) is 0 Å². The van der Waals surface area contributed by atoms with Gasteiger partial charge in [0.1, 0.15) is 0 Å². The Bertz CT molecular complexity index is 659. The third-order valence-corrected chi connectivity index (χ3v) is 3.29. The average molecular weight is 299 g/mol. The van der Waals surface area contributed by atoms with Crippen LogP contribution in [0.4, 0.5) is 0 Å². The van der Waals surface area contributed by atoms with Crippen LogP contribution >= 0.6 is 15.9 Å². The molecule has 1 N–H and O–H groups in total. The van der Waals surface area contributed by atoms with Crippen molar-refractivity contribution in [1.82, 2.24) is 9.97 Å². The van der Waals surface area contributed by atoms with E-state index in [2.05, 4.69) is 50.2 Å². The Morgan fingerprint density at radius 1 is 0.889 bits per heavy atom. The third-order valence-electron chi connectivity index (χ3n) is 2.80. The summed E-state index contributed by atoms with van der Waals surface area (Å²) in [5, 5.41) is 0. The molecule has 1 heterocycles. The van der Waals surface area contributed by atoms with Crippen molar-refractivity contribution in [2.45, 2.75) is 0 Å². The molecule has 1 aromatic heterocycles. The van der Waals surface area contributed by atoms with Gasteiger partial charge in [-0.25, -0.2) is 4.98 Å². The van der Waals surface area contributed by atoms with E-state index in [1.807, 2.05) is 30.3 Å². The monoisotopic (exact) mass is 298 g/mol. The number of aromatic amines is 1. The Balaban J connectivity index is 2.13. The largest absolute Gasteiger partial charge is 0.344 e. The minimum atomic E-state index is 0.975. The van der Waals surface area contributed by atoms with E-state index in [4.69, 9.17) is 0 Å². The van der Waals surface area contributed by atoms with Crippen molar-refractivity contribution < 1.29 is 0 Å². The maximum absolute atomic E-state index is 4.43. The lowest BCUT2D eigenvalue weighted by Crippen LogP contribution is -1.83. The van der Waals surface area contributed by atoms with E-state index in [9.17, 15) is 0 Å². The quantitative estimate of drug-likeness (QED) is 0.741. The molecule has 0 bridgehead atoms. The van der Waals surface area contributed by atoms with Gasteiger partial charge < -0.3 is 4.98 Å². The second kappa shape index (κ2) is 4.78. The van der Waals surface area contributed by atoms with E-state index in [1.54, 1.807) is 6.33 Å². The maximum atomic E-state index is 4.43. The molecule has 3 rings (SSSR count). The molecule has 88 valence electrons. The minimum absolute atomic E-state index is 0.975. The highest BCUT2D eigenvalue weighted by atomic mass is 79.9. The smallest absolute Gasteiger partial charge is 0.0961 e. The van der Waals surface area contributed by atoms with Crippen LogP contribution in [0.2, 0.25) is 0 Å². The fourth-order valence-corrected chi connectivity index (χ4v) is 2.37. The van der Waals surface area contributed by atoms with Crippen LogP contribution in [0.5, 0.6) is 0 Å². The molecule has 0 radical (unpaired) electrons. The van der Waals surface area contributed by atoms with Crippen LogP contribution in [0.15, 0.2) is 65.4 Å². The summed E-state index contributed by atoms with van der Waals surface area (Å²) in [7, 11) is 0. The van der Waals surface area contributed by atoms with Crippen LogP contribution in [0, 0.1) is 0 Å². The van der Waals surface area contributed by atoms with Crippen LogP contribution in [-0.4, -0.2) is 9.97 Å². The molecule has 0 amide bonds. The summed E-state index contributed by atoms with van der Waals surface area (Å²) in [5.41, 5.74) is 4.27. The van der Waals surface area contributed by atoms with Crippen molar-refractivity contribution in [1.29, 1.82) is 0 Å². The highest BCUT2D eigenvalue weighted by molar-refractivity contribution is 9.10. The second-order valence-electron chi connectivity index (χ2n) is 4.00. The first-order chi connectivity index (χ1) is 8.84. The highest BCUT2D eigenvalue weighted by Gasteiger charge is 2.09. The molecule has 0 aliphatic heterocycles. The van der Waals surface area contributed by atoms with Gasteiger partial charge in [-0.15, -0.1) is 0 Å². The number of nitrogens with one attached hydrogen (secondary N) is 1. The molecule has 2 nitrogen and oxygen atoms in total. The molecular weight excluding hydrogens is 288 g/mol. The third kappa shape index (κ3) is 2.09. The Morgan fingerprint density at radius 3 is 2.44 bits per heavy atom. The lowest BCUT2D eigenvalue weighted by atomic mass is 10.1. The molecule has 0 fully saturated rings. The molecule has 18 heavy (non-hydrogen) atoms. The Hall–Kier alpha value is -1.87. The topological polar surface area (TPSA) is 28.7 Å². The zero-order chi connectivity index (χ0) is 12.4. The van der Waals surface area contributed by atoms with Crippen LogP contribution in [0.25, 0.3) is 22.5 Å². The normalized spacial score (nSPS) is 10.5. The number of imidazole rings is 1. The number of hydrogen-bond acceptors (Lipinski definition) is 1. The van der Waals surface area contributed by atoms with Crippen molar-refractivity contribution in [2.24, 2.45) is 0 Å². The standard InChI is InChI=1S/C15H11BrN2/c16-13-8-4-7-12(9-13)15-14(17-10-18-15)11-5-2-1-3-6-11/h1-10H,(H,17,18). The van der Waals surface area contributed by atoms with Gasteiger partial charge in [0.05, 0.1) is 17.7 Å². The number of nitrogens with zero attached hydrogens (tertiary/aromatic N) is 1. The SMILES string of the molecule is Brc1cccc(-c2nc[nH]c2-c2ccccc2)c1. The first-order valence-corrected chi connectivity index (χ1v) is 6.48. The summed E-state index contributed by atoms with van der Waals surface area (Å²) in [6.07, 6.45) is 1.73. The zero-order valence-corrected chi connectivity index (χ0v) is 11.2. The summed E-state index contributed by atoms with van der Waals surface area (Å²) < 4.78 is 1.06. The van der Waals surface area contributed by atoms with Crippen molar-refractivity contribution >= 4 is 15.9 Å². The Labute approximate surface area is 114 Å². The predicted octanol–water partition coefficient (Wildman–Crippen LogP) is 4.51. The van der Waals surface area contributed by atoms with Gasteiger partial charge in [0.15, 0.2) is 0 Å². The van der Waals surface area contributed by atoms with E-state index >= 15 is 0 Å². The summed E-state index contributed by atoms with van der Waals surface area (Å²) in [6.45, 7) is 0. The van der Waals surface area contributed by atoms with E-state index in [0.717, 1.165) is 27.0 Å². The Kier molecular flexibility index (Phi) is 2.99. The first kappa shape index (κ1) is 11.2. The van der Waals surface area contributed by atoms with Crippen molar-refractivity contribution in [3.8, 4) is 22.5 Å². The average Bonchev–Trinajstić information content (AvgIpc) is 2.89. The number of halogens is 1. The van der Waals surface area contributed by atoms with Crippen LogP contribution in [0.1, 0.15) is 0 Å². The molecule has 0 aliphatic carbocycles. The second-order valence-corrected chi connectivity index (χ2v) is 4.92. The van der Waals surface area contributed by atoms with E-state index in [1.165, 1.54) is 0 Å². The number of rotatable bonds is 2. The Morgan fingerprint density at radius 2 is 1.67 bits per heavy atom. The van der Waals surface area contributed by atoms with Gasteiger partial charge in [-0.3, -0.25) is 0 Å². The lowest BCUT2D eigenvalue weighted by molar-refractivity contribution is 1.31. The molecule has 0 saturated heterocycles. The minimum Gasteiger partial charge on any atom is -0.344 e. The molecule has 3 aromatic rings. The molecule has 0 unspecified atom stereocenters. The van der Waals surface area contributed by atoms with Crippen molar-refractivity contribution in [2.75, 3.05) is 0 Å². The molecule has 2 aromatic carbocycles. The molecule has 0 aliphatic rings. The number of benzene rings is 2. The number of hydrogen-bond donors (Lipinski definition) is 1. The number of H-pyrrole nitrogens is 1. The van der Waals surface area contributed by atoms with Crippen LogP contribution in [-0.2, 0) is 0 Å². The zero-order valence-electron chi connectivity index (χ0n) is 9.60. The summed E-state index contributed by atoms with van der Waals surface area (Å²) >= 11 is 3.49. The van der Waals surface area contributed by atoms with Gasteiger partial charge in [0.2, 0.25) is 0 Å². The van der Waals surface area contributed by atoms with Gasteiger partial charge in [-0.05, 0) is 12.1 Å². The molecule has 0 saturated carbocycles. The van der Waals surface area contributed by atoms with Crippen LogP contribution in [0.3, 0.4) is 0 Å². The predicted molar refractivity (Wildman–Crippen MR) is 77.2 cm³/mol. The molecule has 3 heteroatoms. The van der Waals surface area contributed by atoms with Gasteiger partial charge in [-0.1, -0.05) is 58.4 Å². The highest BCUT2D eigenvalue weighted by Crippen LogP contribution is 2.29. The lowest BCUT2D eigenvalue weighted by Gasteiger charge is -2.03. The van der Waals surface area contributed by atoms with Gasteiger partial charge in [-0.2, -0.15) is 0 Å². The summed E-state index contributed by atoms with van der Waals surface area (Å²) in [6, 6.07) is 18.4. The fourth-order valence-electron chi connectivity index (χ4n) is 1.97. The summed E-state index contributed by atoms with van der Waals surface area (Å²) in [4.78, 5) is 7.64. The van der Waals surface area contributed by atoms with Crippen molar-refractivity contribution in [3.63, 3.8) is 0 Å². The fraction of sp³-hybridized carbons (Fsp3) is 0. The van der Waals surface area contributed by atoms with Gasteiger partial charge in [0.25, 0.3) is 0 Å². The van der Waals surface area contributed by atoms with E-state index in [-0.39, 0.29) is 0 Å². The van der Waals surface area contributed by atoms with Gasteiger partial charge in [0, 0.05) is 15.6 Å². The van der Waals surface area contributed by atoms with E-state index < -0.39 is 0 Å². The van der Waals surface area contributed by atoms with Gasteiger partial charge >= 0.3 is 0 Å². The first-order valence-electron chi connectivity index (χ1n) is 5.69. The molecule has 0 atom stereocenters. The summed E-state index contributed by atoms with van der Waals surface area (Å²) in [5.74, 6) is 0.